The van der Waals surface area contributed by atoms with Crippen molar-refractivity contribution in [3.05, 3.63) is 83.1 Å². The fourth-order valence-corrected chi connectivity index (χ4v) is 4.47. The van der Waals surface area contributed by atoms with E-state index in [1.165, 1.54) is 11.3 Å². The summed E-state index contributed by atoms with van der Waals surface area (Å²) in [5.41, 5.74) is 2.34. The molecule has 0 fully saturated rings. The second-order valence-corrected chi connectivity index (χ2v) is 8.40. The fourth-order valence-electron chi connectivity index (χ4n) is 3.82. The van der Waals surface area contributed by atoms with Crippen LogP contribution in [0.25, 0.3) is 16.3 Å². The van der Waals surface area contributed by atoms with Crippen LogP contribution in [-0.2, 0) is 6.54 Å². The highest BCUT2D eigenvalue weighted by Gasteiger charge is 2.36. The van der Waals surface area contributed by atoms with E-state index in [4.69, 9.17) is 13.7 Å². The van der Waals surface area contributed by atoms with E-state index in [1.54, 1.807) is 17.2 Å². The second kappa shape index (κ2) is 8.95. The summed E-state index contributed by atoms with van der Waals surface area (Å²) in [7, 11) is 0. The molecule has 8 nitrogen and oxygen atoms in total. The lowest BCUT2D eigenvalue weighted by Gasteiger charge is -2.34. The number of thiophene rings is 1. The average molecular weight is 463 g/mol. The molecule has 1 N–H and O–H groups in total. The topological polar surface area (TPSA) is 93.6 Å². The maximum Gasteiger partial charge on any atom is 0.322 e. The zero-order valence-electron chi connectivity index (χ0n) is 18.1. The Labute approximate surface area is 194 Å². The first-order chi connectivity index (χ1) is 16.1. The SMILES string of the molecule is CCOc1ccc(C2NC(=O)N(Cc3ccco3)C(C)=C2c2nc(-c3cccs3)no2)cc1. The molecule has 1 aromatic carbocycles. The third kappa shape index (κ3) is 4.14. The molecular weight excluding hydrogens is 440 g/mol. The van der Waals surface area contributed by atoms with Gasteiger partial charge in [-0.1, -0.05) is 23.4 Å². The van der Waals surface area contributed by atoms with Gasteiger partial charge in [0.1, 0.15) is 11.5 Å². The van der Waals surface area contributed by atoms with E-state index in [-0.39, 0.29) is 12.6 Å². The van der Waals surface area contributed by atoms with E-state index < -0.39 is 6.04 Å². The number of carbonyl (C=O) groups excluding carboxylic acids is 1. The summed E-state index contributed by atoms with van der Waals surface area (Å²) in [5, 5.41) is 9.23. The van der Waals surface area contributed by atoms with E-state index in [2.05, 4.69) is 15.5 Å². The molecule has 9 heteroatoms. The lowest BCUT2D eigenvalue weighted by Crippen LogP contribution is -2.45. The van der Waals surface area contributed by atoms with Crippen molar-refractivity contribution in [2.45, 2.75) is 26.4 Å². The van der Waals surface area contributed by atoms with Crippen LogP contribution in [0.1, 0.15) is 37.1 Å². The predicted octanol–water partition coefficient (Wildman–Crippen LogP) is 5.49. The van der Waals surface area contributed by atoms with Crippen LogP contribution >= 0.6 is 11.3 Å². The van der Waals surface area contributed by atoms with Crippen molar-refractivity contribution >= 4 is 22.9 Å². The lowest BCUT2D eigenvalue weighted by atomic mass is 9.94. The van der Waals surface area contributed by atoms with Crippen molar-refractivity contribution in [3.8, 4) is 16.5 Å². The van der Waals surface area contributed by atoms with Gasteiger partial charge in [-0.3, -0.25) is 4.90 Å². The molecule has 0 aliphatic carbocycles. The van der Waals surface area contributed by atoms with Gasteiger partial charge in [0.2, 0.25) is 5.82 Å². The second-order valence-electron chi connectivity index (χ2n) is 7.45. The van der Waals surface area contributed by atoms with E-state index >= 15 is 0 Å². The van der Waals surface area contributed by atoms with Gasteiger partial charge < -0.3 is 19.0 Å². The summed E-state index contributed by atoms with van der Waals surface area (Å²) < 4.78 is 16.7. The average Bonchev–Trinajstić information content (AvgIpc) is 3.60. The maximum absolute atomic E-state index is 13.1. The quantitative estimate of drug-likeness (QED) is 0.390. The van der Waals surface area contributed by atoms with Crippen molar-refractivity contribution in [2.75, 3.05) is 6.61 Å². The van der Waals surface area contributed by atoms with Crippen LogP contribution in [0.2, 0.25) is 0 Å². The third-order valence-electron chi connectivity index (χ3n) is 5.41. The summed E-state index contributed by atoms with van der Waals surface area (Å²) in [6.07, 6.45) is 1.59. The summed E-state index contributed by atoms with van der Waals surface area (Å²) in [6.45, 7) is 4.69. The number of nitrogens with zero attached hydrogens (tertiary/aromatic N) is 3. The Morgan fingerprint density at radius 1 is 1.18 bits per heavy atom. The molecule has 3 aromatic heterocycles. The Kier molecular flexibility index (Phi) is 5.70. The van der Waals surface area contributed by atoms with Crippen molar-refractivity contribution in [3.63, 3.8) is 0 Å². The Hall–Kier alpha value is -3.85. The lowest BCUT2D eigenvalue weighted by molar-refractivity contribution is 0.199. The van der Waals surface area contributed by atoms with Gasteiger partial charge in [-0.2, -0.15) is 4.98 Å². The molecule has 4 aromatic rings. The van der Waals surface area contributed by atoms with Crippen molar-refractivity contribution in [1.29, 1.82) is 0 Å². The summed E-state index contributed by atoms with van der Waals surface area (Å²) in [6, 6.07) is 14.5. The first-order valence-electron chi connectivity index (χ1n) is 10.6. The molecule has 1 unspecified atom stereocenters. The summed E-state index contributed by atoms with van der Waals surface area (Å²) in [5.74, 6) is 2.32. The molecular formula is C24H22N4O4S. The molecule has 1 aliphatic rings. The summed E-state index contributed by atoms with van der Waals surface area (Å²) in [4.78, 5) is 20.3. The molecule has 1 aliphatic heterocycles. The Balaban J connectivity index is 1.57. The number of carbonyl (C=O) groups is 1. The highest BCUT2D eigenvalue weighted by molar-refractivity contribution is 7.13. The summed E-state index contributed by atoms with van der Waals surface area (Å²) >= 11 is 1.54. The third-order valence-corrected chi connectivity index (χ3v) is 6.28. The van der Waals surface area contributed by atoms with E-state index in [0.717, 1.165) is 27.5 Å². The standard InChI is InChI=1S/C24H22N4O4S/c1-3-30-17-10-8-16(9-11-17)21-20(23-26-22(27-32-23)19-7-5-13-33-19)15(2)28(24(29)25-21)14-18-6-4-12-31-18/h4-13,21H,3,14H2,1-2H3,(H,25,29). The molecule has 0 spiro atoms. The number of ether oxygens (including phenoxy) is 1. The molecule has 2 amide bonds. The predicted molar refractivity (Wildman–Crippen MR) is 123 cm³/mol. The minimum Gasteiger partial charge on any atom is -0.494 e. The number of aromatic nitrogens is 2. The Morgan fingerprint density at radius 3 is 2.73 bits per heavy atom. The van der Waals surface area contributed by atoms with Gasteiger partial charge in [0.05, 0.1) is 35.9 Å². The number of furan rings is 1. The van der Waals surface area contributed by atoms with Gasteiger partial charge in [0.25, 0.3) is 5.89 Å². The van der Waals surface area contributed by atoms with Crippen molar-refractivity contribution < 1.29 is 18.5 Å². The van der Waals surface area contributed by atoms with Crippen LogP contribution in [0.5, 0.6) is 5.75 Å². The number of benzene rings is 1. The molecule has 168 valence electrons. The number of nitrogens with one attached hydrogen (secondary N) is 1. The first kappa shape index (κ1) is 21.0. The normalized spacial score (nSPS) is 16.2. The molecule has 0 bridgehead atoms. The first-order valence-corrected chi connectivity index (χ1v) is 11.4. The smallest absolute Gasteiger partial charge is 0.322 e. The van der Waals surface area contributed by atoms with Crippen LogP contribution < -0.4 is 10.1 Å². The number of rotatable bonds is 7. The molecule has 5 rings (SSSR count). The number of hydrogen-bond donors (Lipinski definition) is 1. The molecule has 4 heterocycles. The van der Waals surface area contributed by atoms with Crippen LogP contribution in [0.3, 0.4) is 0 Å². The zero-order valence-corrected chi connectivity index (χ0v) is 19.0. The highest BCUT2D eigenvalue weighted by atomic mass is 32.1. The maximum atomic E-state index is 13.1. The molecule has 33 heavy (non-hydrogen) atoms. The highest BCUT2D eigenvalue weighted by Crippen LogP contribution is 2.38. The zero-order chi connectivity index (χ0) is 22.8. The molecule has 1 atom stereocenters. The van der Waals surface area contributed by atoms with Crippen molar-refractivity contribution in [2.24, 2.45) is 0 Å². The van der Waals surface area contributed by atoms with Crippen LogP contribution in [0.15, 0.2) is 74.8 Å². The van der Waals surface area contributed by atoms with Crippen LogP contribution in [-0.4, -0.2) is 27.7 Å². The Bertz CT molecular complexity index is 1260. The van der Waals surface area contributed by atoms with Gasteiger partial charge in [0.15, 0.2) is 0 Å². The van der Waals surface area contributed by atoms with E-state index in [1.807, 2.05) is 61.7 Å². The van der Waals surface area contributed by atoms with Gasteiger partial charge in [-0.15, -0.1) is 11.3 Å². The van der Waals surface area contributed by atoms with Gasteiger partial charge >= 0.3 is 6.03 Å². The van der Waals surface area contributed by atoms with Crippen LogP contribution in [0.4, 0.5) is 4.79 Å². The van der Waals surface area contributed by atoms with Crippen molar-refractivity contribution in [1.82, 2.24) is 20.4 Å². The molecule has 0 radical (unpaired) electrons. The van der Waals surface area contributed by atoms with E-state index in [9.17, 15) is 4.79 Å². The number of urea groups is 1. The van der Waals surface area contributed by atoms with Gasteiger partial charge in [0, 0.05) is 5.70 Å². The monoisotopic (exact) mass is 462 g/mol. The van der Waals surface area contributed by atoms with Gasteiger partial charge in [-0.05, 0) is 55.1 Å². The minimum atomic E-state index is -0.460. The Morgan fingerprint density at radius 2 is 2.03 bits per heavy atom. The van der Waals surface area contributed by atoms with Crippen LogP contribution in [0, 0.1) is 0 Å². The van der Waals surface area contributed by atoms with Gasteiger partial charge in [-0.25, -0.2) is 4.79 Å². The number of allylic oxidation sites excluding steroid dienone is 1. The largest absolute Gasteiger partial charge is 0.494 e. The number of hydrogen-bond acceptors (Lipinski definition) is 7. The minimum absolute atomic E-state index is 0.232. The fraction of sp³-hybridized carbons (Fsp3) is 0.208. The number of amides is 2. The molecule has 0 saturated carbocycles. The molecule has 0 saturated heterocycles. The van der Waals surface area contributed by atoms with E-state index in [0.29, 0.717) is 24.1 Å².